The predicted octanol–water partition coefficient (Wildman–Crippen LogP) is 2.58. The van der Waals surface area contributed by atoms with Crippen LogP contribution in [0.15, 0.2) is 29.2 Å². The smallest absolute Gasteiger partial charge is 0.243 e. The minimum Gasteiger partial charge on any atom is -0.497 e. The van der Waals surface area contributed by atoms with Crippen molar-refractivity contribution in [2.24, 2.45) is 5.92 Å². The molecule has 2 aliphatic heterocycles. The summed E-state index contributed by atoms with van der Waals surface area (Å²) in [6.45, 7) is 5.87. The van der Waals surface area contributed by atoms with Crippen molar-refractivity contribution >= 4 is 10.0 Å². The maximum absolute atomic E-state index is 12.8. The van der Waals surface area contributed by atoms with Crippen molar-refractivity contribution in [2.45, 2.75) is 43.5 Å². The van der Waals surface area contributed by atoms with Crippen LogP contribution in [0.5, 0.6) is 5.75 Å². The summed E-state index contributed by atoms with van der Waals surface area (Å²) in [5, 5.41) is 0. The molecule has 0 radical (unpaired) electrons. The third kappa shape index (κ3) is 3.76. The van der Waals surface area contributed by atoms with E-state index in [1.54, 1.807) is 35.7 Å². The van der Waals surface area contributed by atoms with Gasteiger partial charge in [0.05, 0.1) is 12.0 Å². The standard InChI is InChI=1S/C18H28N2O3S/c1-15-4-3-11-19(14-15)16-9-12-20(13-10-16)24(21,22)18-7-5-17(23-2)6-8-18/h5-8,15-16H,3-4,9-14H2,1-2H3. The lowest BCUT2D eigenvalue weighted by molar-refractivity contribution is 0.0944. The van der Waals surface area contributed by atoms with Crippen LogP contribution < -0.4 is 4.74 Å². The SMILES string of the molecule is COc1ccc(S(=O)(=O)N2CCC(N3CCCC(C)C3)CC2)cc1. The maximum atomic E-state index is 12.8. The molecular formula is C18H28N2O3S. The highest BCUT2D eigenvalue weighted by atomic mass is 32.2. The lowest BCUT2D eigenvalue weighted by Gasteiger charge is -2.41. The molecule has 1 aromatic carbocycles. The highest BCUT2D eigenvalue weighted by Gasteiger charge is 2.32. The van der Waals surface area contributed by atoms with E-state index in [1.807, 2.05) is 0 Å². The van der Waals surface area contributed by atoms with Gasteiger partial charge in [-0.15, -0.1) is 0 Å². The Morgan fingerprint density at radius 1 is 1.04 bits per heavy atom. The summed E-state index contributed by atoms with van der Waals surface area (Å²) >= 11 is 0. The molecule has 2 aliphatic rings. The molecule has 0 bridgehead atoms. The fraction of sp³-hybridized carbons (Fsp3) is 0.667. The Balaban J connectivity index is 1.62. The molecule has 0 aliphatic carbocycles. The Bertz CT molecular complexity index is 637. The summed E-state index contributed by atoms with van der Waals surface area (Å²) in [5.41, 5.74) is 0. The summed E-state index contributed by atoms with van der Waals surface area (Å²) in [7, 11) is -1.81. The van der Waals surface area contributed by atoms with Gasteiger partial charge in [0.2, 0.25) is 10.0 Å². The van der Waals surface area contributed by atoms with E-state index < -0.39 is 10.0 Å². The second-order valence-electron chi connectivity index (χ2n) is 7.05. The first-order valence-corrected chi connectivity index (χ1v) is 10.3. The Hall–Kier alpha value is -1.11. The third-order valence-corrected chi connectivity index (χ3v) is 7.24. The first kappa shape index (κ1) is 17.7. The fourth-order valence-electron chi connectivity index (χ4n) is 3.90. The molecule has 2 fully saturated rings. The summed E-state index contributed by atoms with van der Waals surface area (Å²) < 4.78 is 32.3. The Labute approximate surface area is 145 Å². The molecule has 1 atom stereocenters. The van der Waals surface area contributed by atoms with Crippen molar-refractivity contribution in [1.29, 1.82) is 0 Å². The normalized spacial score (nSPS) is 24.8. The molecule has 6 heteroatoms. The number of ether oxygens (including phenoxy) is 1. The van der Waals surface area contributed by atoms with Gasteiger partial charge in [0.25, 0.3) is 0 Å². The lowest BCUT2D eigenvalue weighted by atomic mass is 9.96. The number of sulfonamides is 1. The van der Waals surface area contributed by atoms with Gasteiger partial charge in [0, 0.05) is 25.7 Å². The van der Waals surface area contributed by atoms with E-state index in [1.165, 1.54) is 19.4 Å². The van der Waals surface area contributed by atoms with Crippen LogP contribution in [-0.2, 0) is 10.0 Å². The Kier molecular flexibility index (Phi) is 5.47. The average molecular weight is 353 g/mol. The molecule has 1 aromatic rings. The van der Waals surface area contributed by atoms with Crippen LogP contribution in [0, 0.1) is 5.92 Å². The van der Waals surface area contributed by atoms with E-state index in [9.17, 15) is 8.42 Å². The molecule has 3 rings (SSSR count). The average Bonchev–Trinajstić information content (AvgIpc) is 2.62. The monoisotopic (exact) mass is 352 g/mol. The van der Waals surface area contributed by atoms with Gasteiger partial charge in [-0.1, -0.05) is 6.92 Å². The van der Waals surface area contributed by atoms with Crippen molar-refractivity contribution in [3.63, 3.8) is 0 Å². The minimum absolute atomic E-state index is 0.355. The number of piperidine rings is 2. The van der Waals surface area contributed by atoms with Crippen molar-refractivity contribution in [1.82, 2.24) is 9.21 Å². The van der Waals surface area contributed by atoms with Gasteiger partial charge < -0.3 is 9.64 Å². The largest absolute Gasteiger partial charge is 0.497 e. The van der Waals surface area contributed by atoms with Crippen molar-refractivity contribution < 1.29 is 13.2 Å². The summed E-state index contributed by atoms with van der Waals surface area (Å²) in [4.78, 5) is 2.93. The number of benzene rings is 1. The Morgan fingerprint density at radius 2 is 1.71 bits per heavy atom. The van der Waals surface area contributed by atoms with Crippen molar-refractivity contribution in [3.8, 4) is 5.75 Å². The topological polar surface area (TPSA) is 49.9 Å². The molecule has 0 spiro atoms. The molecule has 24 heavy (non-hydrogen) atoms. The van der Waals surface area contributed by atoms with Gasteiger partial charge in [-0.25, -0.2) is 8.42 Å². The van der Waals surface area contributed by atoms with Crippen LogP contribution >= 0.6 is 0 Å². The number of methoxy groups -OCH3 is 1. The molecule has 134 valence electrons. The number of nitrogens with zero attached hydrogens (tertiary/aromatic N) is 2. The van der Waals surface area contributed by atoms with Crippen LogP contribution in [0.3, 0.4) is 0 Å². The number of hydrogen-bond acceptors (Lipinski definition) is 4. The zero-order chi connectivity index (χ0) is 17.2. The molecule has 0 N–H and O–H groups in total. The molecule has 2 heterocycles. The second-order valence-corrected chi connectivity index (χ2v) is 8.99. The van der Waals surface area contributed by atoms with Crippen molar-refractivity contribution in [2.75, 3.05) is 33.3 Å². The molecule has 5 nitrogen and oxygen atoms in total. The molecule has 0 aromatic heterocycles. The predicted molar refractivity (Wildman–Crippen MR) is 94.7 cm³/mol. The van der Waals surface area contributed by atoms with Crippen LogP contribution in [0.1, 0.15) is 32.6 Å². The lowest BCUT2D eigenvalue weighted by Crippen LogP contribution is -2.49. The van der Waals surface area contributed by atoms with E-state index in [0.717, 1.165) is 25.3 Å². The molecule has 0 amide bonds. The van der Waals surface area contributed by atoms with Crippen LogP contribution in [-0.4, -0.2) is 57.0 Å². The first-order valence-electron chi connectivity index (χ1n) is 8.89. The summed E-state index contributed by atoms with van der Waals surface area (Å²) in [6, 6.07) is 7.21. The molecular weight excluding hydrogens is 324 g/mol. The summed E-state index contributed by atoms with van der Waals surface area (Å²) in [6.07, 6.45) is 4.46. The van der Waals surface area contributed by atoms with Crippen LogP contribution in [0.25, 0.3) is 0 Å². The quantitative estimate of drug-likeness (QED) is 0.836. The Morgan fingerprint density at radius 3 is 2.29 bits per heavy atom. The summed E-state index contributed by atoms with van der Waals surface area (Å²) in [5.74, 6) is 1.44. The first-order chi connectivity index (χ1) is 11.5. The van der Waals surface area contributed by atoms with Crippen molar-refractivity contribution in [3.05, 3.63) is 24.3 Å². The molecule has 1 unspecified atom stereocenters. The number of rotatable bonds is 4. The molecule has 2 saturated heterocycles. The van der Waals surface area contributed by atoms with E-state index in [-0.39, 0.29) is 0 Å². The van der Waals surface area contributed by atoms with Gasteiger partial charge in [-0.2, -0.15) is 4.31 Å². The zero-order valence-corrected chi connectivity index (χ0v) is 15.5. The fourth-order valence-corrected chi connectivity index (χ4v) is 5.37. The van der Waals surface area contributed by atoms with E-state index in [0.29, 0.717) is 29.8 Å². The highest BCUT2D eigenvalue weighted by Crippen LogP contribution is 2.27. The van der Waals surface area contributed by atoms with Gasteiger partial charge in [-0.05, 0) is 62.4 Å². The van der Waals surface area contributed by atoms with Gasteiger partial charge in [-0.3, -0.25) is 0 Å². The van der Waals surface area contributed by atoms with Crippen LogP contribution in [0.4, 0.5) is 0 Å². The maximum Gasteiger partial charge on any atom is 0.243 e. The molecule has 0 saturated carbocycles. The van der Waals surface area contributed by atoms with E-state index in [4.69, 9.17) is 4.74 Å². The highest BCUT2D eigenvalue weighted by molar-refractivity contribution is 7.89. The minimum atomic E-state index is -3.39. The van der Waals surface area contributed by atoms with Gasteiger partial charge in [0.1, 0.15) is 5.75 Å². The number of hydrogen-bond donors (Lipinski definition) is 0. The number of likely N-dealkylation sites (tertiary alicyclic amines) is 1. The van der Waals surface area contributed by atoms with E-state index >= 15 is 0 Å². The van der Waals surface area contributed by atoms with Crippen LogP contribution in [0.2, 0.25) is 0 Å². The van der Waals surface area contributed by atoms with Gasteiger partial charge in [0.15, 0.2) is 0 Å². The van der Waals surface area contributed by atoms with E-state index in [2.05, 4.69) is 11.8 Å². The zero-order valence-electron chi connectivity index (χ0n) is 14.6. The van der Waals surface area contributed by atoms with Gasteiger partial charge >= 0.3 is 0 Å². The third-order valence-electron chi connectivity index (χ3n) is 5.33. The second kappa shape index (κ2) is 7.42.